The molecule has 4 aromatic rings. The molecule has 0 spiro atoms. The number of ether oxygens (including phenoxy) is 1. The van der Waals surface area contributed by atoms with Crippen LogP contribution in [-0.4, -0.2) is 52.7 Å². The maximum Gasteiger partial charge on any atom is 0.163 e. The van der Waals surface area contributed by atoms with Gasteiger partial charge in [-0.05, 0) is 43.3 Å². The van der Waals surface area contributed by atoms with Crippen LogP contribution in [0.1, 0.15) is 17.6 Å². The van der Waals surface area contributed by atoms with Gasteiger partial charge in [-0.15, -0.1) is 0 Å². The molecule has 1 fully saturated rings. The lowest BCUT2D eigenvalue weighted by Gasteiger charge is -2.33. The molecule has 4 heterocycles. The lowest BCUT2D eigenvalue weighted by Crippen LogP contribution is -2.41. The Kier molecular flexibility index (Phi) is 5.60. The Morgan fingerprint density at radius 1 is 1.03 bits per heavy atom. The van der Waals surface area contributed by atoms with E-state index in [1.54, 1.807) is 12.4 Å². The minimum Gasteiger partial charge on any atom is -0.465 e. The highest BCUT2D eigenvalue weighted by Gasteiger charge is 2.25. The first-order valence-electron chi connectivity index (χ1n) is 10.6. The average Bonchev–Trinajstić information content (AvgIpc) is 3.26. The topological polar surface area (TPSA) is 76.3 Å². The van der Waals surface area contributed by atoms with E-state index in [0.717, 1.165) is 60.1 Å². The Morgan fingerprint density at radius 2 is 1.90 bits per heavy atom. The van der Waals surface area contributed by atoms with Crippen LogP contribution >= 0.6 is 0 Å². The number of morpholine rings is 1. The van der Waals surface area contributed by atoms with Crippen molar-refractivity contribution in [3.63, 3.8) is 0 Å². The first-order valence-corrected chi connectivity index (χ1v) is 10.6. The fourth-order valence-corrected chi connectivity index (χ4v) is 3.96. The van der Waals surface area contributed by atoms with E-state index >= 15 is 0 Å². The summed E-state index contributed by atoms with van der Waals surface area (Å²) in [5.74, 6) is 3.34. The van der Waals surface area contributed by atoms with E-state index in [2.05, 4.69) is 21.3 Å². The van der Waals surface area contributed by atoms with Gasteiger partial charge in [0, 0.05) is 43.0 Å². The Morgan fingerprint density at radius 3 is 2.68 bits per heavy atom. The second-order valence-electron chi connectivity index (χ2n) is 7.65. The summed E-state index contributed by atoms with van der Waals surface area (Å²) in [6.07, 6.45) is 3.54. The van der Waals surface area contributed by atoms with Crippen molar-refractivity contribution in [2.45, 2.75) is 13.0 Å². The zero-order valence-electron chi connectivity index (χ0n) is 17.5. The first kappa shape index (κ1) is 19.7. The molecule has 1 aromatic carbocycles. The predicted molar refractivity (Wildman–Crippen MR) is 120 cm³/mol. The third-order valence-electron chi connectivity index (χ3n) is 5.56. The van der Waals surface area contributed by atoms with E-state index in [0.29, 0.717) is 12.4 Å². The molecule has 0 saturated carbocycles. The van der Waals surface area contributed by atoms with E-state index in [-0.39, 0.29) is 6.04 Å². The van der Waals surface area contributed by atoms with Crippen LogP contribution < -0.4 is 5.32 Å². The van der Waals surface area contributed by atoms with Crippen molar-refractivity contribution in [3.8, 4) is 11.4 Å². The molecule has 5 rings (SSSR count). The van der Waals surface area contributed by atoms with Crippen LogP contribution in [0.4, 0.5) is 5.82 Å². The van der Waals surface area contributed by atoms with Crippen LogP contribution in [-0.2, 0) is 4.74 Å². The van der Waals surface area contributed by atoms with Crippen LogP contribution in [0.2, 0.25) is 0 Å². The normalized spacial score (nSPS) is 15.8. The maximum absolute atomic E-state index is 6.00. The van der Waals surface area contributed by atoms with E-state index < -0.39 is 0 Å². The zero-order valence-corrected chi connectivity index (χ0v) is 17.5. The van der Waals surface area contributed by atoms with Gasteiger partial charge in [-0.25, -0.2) is 9.97 Å². The summed E-state index contributed by atoms with van der Waals surface area (Å²) in [5.41, 5.74) is 1.79. The Hall–Kier alpha value is -3.29. The number of anilines is 1. The molecule has 1 aliphatic rings. The molecule has 1 N–H and O–H groups in total. The van der Waals surface area contributed by atoms with Gasteiger partial charge in [0.2, 0.25) is 0 Å². The first-order chi connectivity index (χ1) is 15.3. The van der Waals surface area contributed by atoms with Crippen molar-refractivity contribution < 1.29 is 9.15 Å². The SMILES string of the molecule is Cc1ccc([C@@H](CNc2nc(-c3cccnc3)nc3ccccc23)N2CCOCC2)o1. The van der Waals surface area contributed by atoms with Gasteiger partial charge in [-0.3, -0.25) is 9.88 Å². The molecule has 0 aliphatic carbocycles. The molecule has 7 heteroatoms. The average molecular weight is 415 g/mol. The lowest BCUT2D eigenvalue weighted by atomic mass is 10.1. The Bertz CT molecular complexity index is 1160. The minimum atomic E-state index is 0.0909. The van der Waals surface area contributed by atoms with Crippen molar-refractivity contribution in [2.24, 2.45) is 0 Å². The number of para-hydroxylation sites is 1. The highest BCUT2D eigenvalue weighted by Crippen LogP contribution is 2.28. The molecule has 3 aromatic heterocycles. The van der Waals surface area contributed by atoms with Gasteiger partial charge in [0.25, 0.3) is 0 Å². The Labute approximate surface area is 181 Å². The highest BCUT2D eigenvalue weighted by molar-refractivity contribution is 5.90. The molecule has 0 radical (unpaired) electrons. The van der Waals surface area contributed by atoms with Crippen LogP contribution in [0.5, 0.6) is 0 Å². The fraction of sp³-hybridized carbons (Fsp3) is 0.292. The standard InChI is InChI=1S/C24H25N5O2/c1-17-8-9-22(31-17)21(29-11-13-30-14-12-29)16-26-24-19-6-2-3-7-20(19)27-23(28-24)18-5-4-10-25-15-18/h2-10,15,21H,11-14,16H2,1H3,(H,26,27,28)/t21-/m1/s1. The van der Waals surface area contributed by atoms with Gasteiger partial charge in [0.05, 0.1) is 24.8 Å². The molecule has 7 nitrogen and oxygen atoms in total. The third kappa shape index (κ3) is 4.28. The van der Waals surface area contributed by atoms with Gasteiger partial charge in [-0.2, -0.15) is 0 Å². The summed E-state index contributed by atoms with van der Waals surface area (Å²) >= 11 is 0. The number of nitrogens with one attached hydrogen (secondary N) is 1. The lowest BCUT2D eigenvalue weighted by molar-refractivity contribution is 0.0143. The second-order valence-corrected chi connectivity index (χ2v) is 7.65. The molecule has 0 unspecified atom stereocenters. The summed E-state index contributed by atoms with van der Waals surface area (Å²) in [5, 5.41) is 4.58. The second kappa shape index (κ2) is 8.83. The number of rotatable bonds is 6. The van der Waals surface area contributed by atoms with Crippen molar-refractivity contribution in [1.82, 2.24) is 19.9 Å². The number of furan rings is 1. The van der Waals surface area contributed by atoms with Crippen LogP contribution in [0.25, 0.3) is 22.3 Å². The van der Waals surface area contributed by atoms with Crippen molar-refractivity contribution >= 4 is 16.7 Å². The highest BCUT2D eigenvalue weighted by atomic mass is 16.5. The maximum atomic E-state index is 6.00. The van der Waals surface area contributed by atoms with Crippen molar-refractivity contribution in [2.75, 3.05) is 38.2 Å². The molecular formula is C24H25N5O2. The molecule has 158 valence electrons. The van der Waals surface area contributed by atoms with Gasteiger partial charge in [-0.1, -0.05) is 12.1 Å². The Balaban J connectivity index is 1.48. The van der Waals surface area contributed by atoms with E-state index in [9.17, 15) is 0 Å². The van der Waals surface area contributed by atoms with Gasteiger partial charge in [0.1, 0.15) is 17.3 Å². The van der Waals surface area contributed by atoms with Crippen molar-refractivity contribution in [1.29, 1.82) is 0 Å². The number of aromatic nitrogens is 3. The zero-order chi connectivity index (χ0) is 21.0. The summed E-state index contributed by atoms with van der Waals surface area (Å²) < 4.78 is 11.6. The third-order valence-corrected chi connectivity index (χ3v) is 5.56. The monoisotopic (exact) mass is 415 g/mol. The molecule has 0 amide bonds. The van der Waals surface area contributed by atoms with E-state index in [1.807, 2.05) is 49.4 Å². The largest absolute Gasteiger partial charge is 0.465 e. The molecule has 1 aliphatic heterocycles. The number of hydrogen-bond acceptors (Lipinski definition) is 7. The summed E-state index contributed by atoms with van der Waals surface area (Å²) in [7, 11) is 0. The number of nitrogens with zero attached hydrogens (tertiary/aromatic N) is 4. The van der Waals surface area contributed by atoms with E-state index in [1.165, 1.54) is 0 Å². The minimum absolute atomic E-state index is 0.0909. The van der Waals surface area contributed by atoms with Gasteiger partial charge in [0.15, 0.2) is 5.82 Å². The summed E-state index contributed by atoms with van der Waals surface area (Å²) in [6.45, 7) is 5.86. The number of hydrogen-bond donors (Lipinski definition) is 1. The number of aryl methyl sites for hydroxylation is 1. The molecule has 0 bridgehead atoms. The molecule has 31 heavy (non-hydrogen) atoms. The van der Waals surface area contributed by atoms with Crippen LogP contribution in [0.3, 0.4) is 0 Å². The molecular weight excluding hydrogens is 390 g/mol. The van der Waals surface area contributed by atoms with Crippen molar-refractivity contribution in [3.05, 3.63) is 72.4 Å². The number of pyridine rings is 1. The molecule has 1 saturated heterocycles. The van der Waals surface area contributed by atoms with Crippen LogP contribution in [0.15, 0.2) is 65.3 Å². The van der Waals surface area contributed by atoms with E-state index in [4.69, 9.17) is 19.1 Å². The van der Waals surface area contributed by atoms with Crippen LogP contribution in [0, 0.1) is 6.92 Å². The number of benzene rings is 1. The van der Waals surface area contributed by atoms with Gasteiger partial charge >= 0.3 is 0 Å². The molecule has 1 atom stereocenters. The number of fused-ring (bicyclic) bond motifs is 1. The van der Waals surface area contributed by atoms with Gasteiger partial charge < -0.3 is 14.5 Å². The summed E-state index contributed by atoms with van der Waals surface area (Å²) in [4.78, 5) is 16.2. The quantitative estimate of drug-likeness (QED) is 0.508. The summed E-state index contributed by atoms with van der Waals surface area (Å²) in [6, 6.07) is 16.1. The smallest absolute Gasteiger partial charge is 0.163 e. The predicted octanol–water partition coefficient (Wildman–Crippen LogP) is 4.08. The fourth-order valence-electron chi connectivity index (χ4n) is 3.96.